The molecule has 0 N–H and O–H groups in total. The van der Waals surface area contributed by atoms with Gasteiger partial charge in [0.05, 0.1) is 6.54 Å². The van der Waals surface area contributed by atoms with Gasteiger partial charge in [0, 0.05) is 44.3 Å². The molecule has 0 unspecified atom stereocenters. The molecule has 0 spiro atoms. The Labute approximate surface area is 158 Å². The van der Waals surface area contributed by atoms with Gasteiger partial charge in [0.25, 0.3) is 11.5 Å². The molecular formula is C19H17FN4O4. The van der Waals surface area contributed by atoms with Crippen molar-refractivity contribution >= 4 is 5.91 Å². The molecule has 28 heavy (non-hydrogen) atoms. The summed E-state index contributed by atoms with van der Waals surface area (Å²) in [4.78, 5) is 38.6. The van der Waals surface area contributed by atoms with E-state index in [1.807, 2.05) is 0 Å². The van der Waals surface area contributed by atoms with Crippen molar-refractivity contribution in [1.29, 1.82) is 0 Å². The van der Waals surface area contributed by atoms with Crippen LogP contribution in [-0.2, 0) is 27.1 Å². The summed E-state index contributed by atoms with van der Waals surface area (Å²) in [6.45, 7) is 0.542. The van der Waals surface area contributed by atoms with Gasteiger partial charge in [0.1, 0.15) is 23.0 Å². The second-order valence-corrected chi connectivity index (χ2v) is 6.69. The van der Waals surface area contributed by atoms with Crippen LogP contribution in [0.4, 0.5) is 4.39 Å². The third-order valence-corrected chi connectivity index (χ3v) is 4.96. The van der Waals surface area contributed by atoms with Crippen LogP contribution < -0.4 is 11.2 Å². The molecule has 1 aliphatic heterocycles. The molecule has 0 aliphatic carbocycles. The summed E-state index contributed by atoms with van der Waals surface area (Å²) in [5.41, 5.74) is 0.623. The molecule has 3 heterocycles. The van der Waals surface area contributed by atoms with E-state index in [0.29, 0.717) is 35.5 Å². The zero-order chi connectivity index (χ0) is 20.0. The Morgan fingerprint density at radius 2 is 1.96 bits per heavy atom. The van der Waals surface area contributed by atoms with E-state index >= 15 is 0 Å². The lowest BCUT2D eigenvalue weighted by atomic mass is 10.0. The number of amides is 1. The van der Waals surface area contributed by atoms with Crippen molar-refractivity contribution in [2.24, 2.45) is 14.1 Å². The van der Waals surface area contributed by atoms with Gasteiger partial charge in [-0.25, -0.2) is 9.18 Å². The van der Waals surface area contributed by atoms with Crippen LogP contribution in [0.15, 0.2) is 44.4 Å². The lowest BCUT2D eigenvalue weighted by molar-refractivity contribution is 0.0717. The number of carbonyl (C=O) groups excluding carboxylic acids is 1. The third kappa shape index (κ3) is 2.84. The van der Waals surface area contributed by atoms with Crippen LogP contribution in [0.25, 0.3) is 11.3 Å². The minimum Gasteiger partial charge on any atom is -0.360 e. The number of rotatable bonds is 2. The quantitative estimate of drug-likeness (QED) is 0.659. The normalized spacial score (nSPS) is 13.5. The highest BCUT2D eigenvalue weighted by Gasteiger charge is 2.29. The van der Waals surface area contributed by atoms with Crippen LogP contribution in [0.5, 0.6) is 0 Å². The Hall–Kier alpha value is -3.49. The number of carbonyl (C=O) groups is 1. The van der Waals surface area contributed by atoms with E-state index in [4.69, 9.17) is 4.52 Å². The molecule has 0 atom stereocenters. The minimum atomic E-state index is -0.570. The van der Waals surface area contributed by atoms with Crippen molar-refractivity contribution in [1.82, 2.24) is 19.2 Å². The van der Waals surface area contributed by atoms with Crippen molar-refractivity contribution < 1.29 is 13.7 Å². The van der Waals surface area contributed by atoms with Gasteiger partial charge in [-0.15, -0.1) is 0 Å². The summed E-state index contributed by atoms with van der Waals surface area (Å²) >= 11 is 0. The Morgan fingerprint density at radius 1 is 1.18 bits per heavy atom. The lowest BCUT2D eigenvalue weighted by Gasteiger charge is -2.27. The van der Waals surface area contributed by atoms with Crippen molar-refractivity contribution in [2.75, 3.05) is 6.54 Å². The topological polar surface area (TPSA) is 90.3 Å². The van der Waals surface area contributed by atoms with Crippen molar-refractivity contribution in [3.63, 3.8) is 0 Å². The van der Waals surface area contributed by atoms with E-state index in [9.17, 15) is 18.8 Å². The minimum absolute atomic E-state index is 0.0142. The van der Waals surface area contributed by atoms with Crippen LogP contribution in [0.1, 0.15) is 21.8 Å². The van der Waals surface area contributed by atoms with Gasteiger partial charge in [-0.2, -0.15) is 0 Å². The van der Waals surface area contributed by atoms with Crippen LogP contribution in [0, 0.1) is 5.82 Å². The first-order valence-corrected chi connectivity index (χ1v) is 8.66. The molecule has 2 aromatic heterocycles. The van der Waals surface area contributed by atoms with Crippen molar-refractivity contribution in [3.05, 3.63) is 74.0 Å². The molecule has 8 nitrogen and oxygen atoms in total. The Bertz CT molecular complexity index is 1210. The molecule has 9 heteroatoms. The first-order chi connectivity index (χ1) is 13.4. The van der Waals surface area contributed by atoms with E-state index in [2.05, 4.69) is 5.16 Å². The molecule has 0 saturated heterocycles. The fourth-order valence-corrected chi connectivity index (χ4v) is 3.35. The summed E-state index contributed by atoms with van der Waals surface area (Å²) in [6.07, 6.45) is 0.433. The van der Waals surface area contributed by atoms with Gasteiger partial charge in [-0.1, -0.05) is 17.3 Å². The van der Waals surface area contributed by atoms with E-state index < -0.39 is 23.0 Å². The number of nitrogens with zero attached hydrogens (tertiary/aromatic N) is 4. The fraction of sp³-hybridized carbons (Fsp3) is 0.263. The van der Waals surface area contributed by atoms with E-state index in [0.717, 1.165) is 15.2 Å². The number of aromatic nitrogens is 3. The number of halogens is 1. The first-order valence-electron chi connectivity index (χ1n) is 8.66. The molecule has 4 rings (SSSR count). The van der Waals surface area contributed by atoms with E-state index in [-0.39, 0.29) is 12.2 Å². The fourth-order valence-electron chi connectivity index (χ4n) is 3.35. The standard InChI is InChI=1S/C19H17FN4O4/c1-22-14(9-16(25)23(2)19(22)27)18(26)24-7-6-15-13(10-24)17(21-28-15)11-4-3-5-12(20)8-11/h3-5,8-9H,6-7,10H2,1-2H3. The average Bonchev–Trinajstić information content (AvgIpc) is 3.12. The van der Waals surface area contributed by atoms with Crippen LogP contribution in [0.3, 0.4) is 0 Å². The van der Waals surface area contributed by atoms with Crippen molar-refractivity contribution in [2.45, 2.75) is 13.0 Å². The number of hydrogen-bond acceptors (Lipinski definition) is 5. The Kier molecular flexibility index (Phi) is 4.21. The maximum atomic E-state index is 13.6. The summed E-state index contributed by atoms with van der Waals surface area (Å²) in [6, 6.07) is 7.13. The molecule has 1 aromatic carbocycles. The van der Waals surface area contributed by atoms with Gasteiger partial charge < -0.3 is 9.42 Å². The molecule has 1 amide bonds. The van der Waals surface area contributed by atoms with E-state index in [1.165, 1.54) is 31.1 Å². The zero-order valence-electron chi connectivity index (χ0n) is 15.3. The van der Waals surface area contributed by atoms with Gasteiger partial charge in [-0.05, 0) is 12.1 Å². The smallest absolute Gasteiger partial charge is 0.331 e. The molecule has 1 aliphatic rings. The summed E-state index contributed by atoms with van der Waals surface area (Å²) in [5.74, 6) is -0.191. The zero-order valence-corrected chi connectivity index (χ0v) is 15.3. The Balaban J connectivity index is 1.70. The second-order valence-electron chi connectivity index (χ2n) is 6.69. The van der Waals surface area contributed by atoms with Gasteiger partial charge >= 0.3 is 5.69 Å². The second kappa shape index (κ2) is 6.59. The van der Waals surface area contributed by atoms with Crippen LogP contribution in [0.2, 0.25) is 0 Å². The highest BCUT2D eigenvalue weighted by molar-refractivity contribution is 5.92. The number of fused-ring (bicyclic) bond motifs is 1. The predicted molar refractivity (Wildman–Crippen MR) is 97.3 cm³/mol. The highest BCUT2D eigenvalue weighted by atomic mass is 19.1. The SMILES string of the molecule is Cn1c(C(=O)N2CCc3onc(-c4cccc(F)c4)c3C2)cc(=O)n(C)c1=O. The largest absolute Gasteiger partial charge is 0.360 e. The van der Waals surface area contributed by atoms with Crippen LogP contribution in [-0.4, -0.2) is 31.6 Å². The van der Waals surface area contributed by atoms with E-state index in [1.54, 1.807) is 12.1 Å². The maximum Gasteiger partial charge on any atom is 0.331 e. The summed E-state index contributed by atoms with van der Waals surface area (Å²) < 4.78 is 21.0. The molecule has 0 fully saturated rings. The first kappa shape index (κ1) is 17.9. The monoisotopic (exact) mass is 384 g/mol. The molecule has 144 valence electrons. The highest BCUT2D eigenvalue weighted by Crippen LogP contribution is 2.30. The molecule has 0 saturated carbocycles. The van der Waals surface area contributed by atoms with Gasteiger partial charge in [0.2, 0.25) is 0 Å². The van der Waals surface area contributed by atoms with Gasteiger partial charge in [-0.3, -0.25) is 18.7 Å². The summed E-state index contributed by atoms with van der Waals surface area (Å²) in [5, 5.41) is 4.04. The van der Waals surface area contributed by atoms with Crippen LogP contribution >= 0.6 is 0 Å². The summed E-state index contributed by atoms with van der Waals surface area (Å²) in [7, 11) is 2.80. The van der Waals surface area contributed by atoms with Gasteiger partial charge in [0.15, 0.2) is 0 Å². The van der Waals surface area contributed by atoms with Crippen molar-refractivity contribution in [3.8, 4) is 11.3 Å². The molecular weight excluding hydrogens is 367 g/mol. The lowest BCUT2D eigenvalue weighted by Crippen LogP contribution is -2.43. The number of hydrogen-bond donors (Lipinski definition) is 0. The maximum absolute atomic E-state index is 13.6. The Morgan fingerprint density at radius 3 is 2.71 bits per heavy atom. The third-order valence-electron chi connectivity index (χ3n) is 4.96. The molecule has 0 radical (unpaired) electrons. The average molecular weight is 384 g/mol. The molecule has 0 bridgehead atoms. The molecule has 3 aromatic rings. The predicted octanol–water partition coefficient (Wildman–Crippen LogP) is 1.08. The number of benzene rings is 1.